The van der Waals surface area contributed by atoms with Crippen molar-refractivity contribution < 1.29 is 4.39 Å². The molecular weight excluding hydrogens is 191 g/mol. The molecule has 80 valence electrons. The van der Waals surface area contributed by atoms with Gasteiger partial charge in [0, 0.05) is 30.7 Å². The SMILES string of the molecule is Fc1cccc(N2CC3(CCNC3)C2)c1. The molecule has 2 saturated heterocycles. The molecule has 3 heteroatoms. The van der Waals surface area contributed by atoms with E-state index in [9.17, 15) is 4.39 Å². The van der Waals surface area contributed by atoms with Gasteiger partial charge in [0.2, 0.25) is 0 Å². The standard InChI is InChI=1S/C12H15FN2/c13-10-2-1-3-11(6-10)15-8-12(9-15)4-5-14-7-12/h1-3,6,14H,4-5,7-9H2. The Morgan fingerprint density at radius 2 is 2.20 bits per heavy atom. The Bertz CT molecular complexity index is 364. The minimum atomic E-state index is -0.141. The maximum Gasteiger partial charge on any atom is 0.125 e. The third-order valence-electron chi connectivity index (χ3n) is 3.56. The monoisotopic (exact) mass is 206 g/mol. The lowest BCUT2D eigenvalue weighted by Crippen LogP contribution is -2.57. The molecule has 0 amide bonds. The second kappa shape index (κ2) is 3.20. The number of hydrogen-bond donors (Lipinski definition) is 1. The van der Waals surface area contributed by atoms with Crippen molar-refractivity contribution >= 4 is 5.69 Å². The Kier molecular flexibility index (Phi) is 1.96. The molecule has 0 unspecified atom stereocenters. The van der Waals surface area contributed by atoms with Gasteiger partial charge in [-0.3, -0.25) is 0 Å². The van der Waals surface area contributed by atoms with Crippen molar-refractivity contribution in [2.45, 2.75) is 6.42 Å². The predicted octanol–water partition coefficient (Wildman–Crippen LogP) is 1.63. The number of nitrogens with zero attached hydrogens (tertiary/aromatic N) is 1. The van der Waals surface area contributed by atoms with Gasteiger partial charge in [0.1, 0.15) is 5.82 Å². The lowest BCUT2D eigenvalue weighted by molar-refractivity contribution is 0.243. The Balaban J connectivity index is 1.72. The second-order valence-corrected chi connectivity index (χ2v) is 4.76. The van der Waals surface area contributed by atoms with Crippen molar-refractivity contribution in [1.29, 1.82) is 0 Å². The molecule has 2 aliphatic rings. The van der Waals surface area contributed by atoms with Crippen LogP contribution in [0, 0.1) is 11.2 Å². The molecule has 0 radical (unpaired) electrons. The van der Waals surface area contributed by atoms with Gasteiger partial charge in [-0.2, -0.15) is 0 Å². The van der Waals surface area contributed by atoms with Crippen LogP contribution in [-0.4, -0.2) is 26.2 Å². The van der Waals surface area contributed by atoms with Gasteiger partial charge in [-0.25, -0.2) is 4.39 Å². The van der Waals surface area contributed by atoms with E-state index in [1.807, 2.05) is 6.07 Å². The number of rotatable bonds is 1. The lowest BCUT2D eigenvalue weighted by atomic mass is 9.79. The van der Waals surface area contributed by atoms with Gasteiger partial charge in [0.05, 0.1) is 0 Å². The van der Waals surface area contributed by atoms with Crippen LogP contribution in [0.2, 0.25) is 0 Å². The molecule has 3 rings (SSSR count). The number of nitrogens with one attached hydrogen (secondary N) is 1. The highest BCUT2D eigenvalue weighted by atomic mass is 19.1. The highest BCUT2D eigenvalue weighted by Crippen LogP contribution is 2.38. The molecule has 2 nitrogen and oxygen atoms in total. The molecule has 0 aliphatic carbocycles. The Labute approximate surface area is 89.1 Å². The molecule has 2 aliphatic heterocycles. The summed E-state index contributed by atoms with van der Waals surface area (Å²) in [5, 5.41) is 3.40. The zero-order chi connectivity index (χ0) is 10.3. The van der Waals surface area contributed by atoms with Crippen molar-refractivity contribution in [2.75, 3.05) is 31.1 Å². The number of halogens is 1. The molecule has 0 bridgehead atoms. The number of benzene rings is 1. The summed E-state index contributed by atoms with van der Waals surface area (Å²) in [6.07, 6.45) is 1.26. The largest absolute Gasteiger partial charge is 0.370 e. The normalized spacial score (nSPS) is 23.1. The van der Waals surface area contributed by atoms with E-state index in [2.05, 4.69) is 10.2 Å². The van der Waals surface area contributed by atoms with E-state index in [4.69, 9.17) is 0 Å². The van der Waals surface area contributed by atoms with Crippen LogP contribution in [0.1, 0.15) is 6.42 Å². The summed E-state index contributed by atoms with van der Waals surface area (Å²) in [4.78, 5) is 2.26. The first-order valence-electron chi connectivity index (χ1n) is 5.49. The first kappa shape index (κ1) is 9.16. The molecule has 1 aromatic rings. The van der Waals surface area contributed by atoms with Crippen LogP contribution in [0.4, 0.5) is 10.1 Å². The number of hydrogen-bond acceptors (Lipinski definition) is 2. The van der Waals surface area contributed by atoms with Crippen LogP contribution in [0.15, 0.2) is 24.3 Å². The van der Waals surface area contributed by atoms with Gasteiger partial charge in [-0.05, 0) is 31.2 Å². The highest BCUT2D eigenvalue weighted by Gasteiger charge is 2.44. The first-order valence-corrected chi connectivity index (χ1v) is 5.49. The summed E-state index contributed by atoms with van der Waals surface area (Å²) >= 11 is 0. The summed E-state index contributed by atoms with van der Waals surface area (Å²) in [5.74, 6) is -0.141. The van der Waals surface area contributed by atoms with Crippen LogP contribution in [0.3, 0.4) is 0 Å². The maximum absolute atomic E-state index is 13.0. The van der Waals surface area contributed by atoms with E-state index >= 15 is 0 Å². The van der Waals surface area contributed by atoms with Crippen molar-refractivity contribution in [3.05, 3.63) is 30.1 Å². The molecular formula is C12H15FN2. The Hall–Kier alpha value is -1.09. The zero-order valence-corrected chi connectivity index (χ0v) is 8.67. The van der Waals surface area contributed by atoms with E-state index in [0.29, 0.717) is 5.41 Å². The third-order valence-corrected chi connectivity index (χ3v) is 3.56. The predicted molar refractivity (Wildman–Crippen MR) is 58.5 cm³/mol. The lowest BCUT2D eigenvalue weighted by Gasteiger charge is -2.49. The fourth-order valence-electron chi connectivity index (χ4n) is 2.68. The average Bonchev–Trinajstić information content (AvgIpc) is 2.64. The summed E-state index contributed by atoms with van der Waals surface area (Å²) in [7, 11) is 0. The van der Waals surface area contributed by atoms with Crippen LogP contribution in [-0.2, 0) is 0 Å². The van der Waals surface area contributed by atoms with Crippen molar-refractivity contribution in [1.82, 2.24) is 5.32 Å². The third kappa shape index (κ3) is 1.51. The summed E-state index contributed by atoms with van der Waals surface area (Å²) in [6, 6.07) is 6.88. The van der Waals surface area contributed by atoms with Crippen molar-refractivity contribution in [2.24, 2.45) is 5.41 Å². The Morgan fingerprint density at radius 1 is 1.33 bits per heavy atom. The number of anilines is 1. The molecule has 1 spiro atoms. The van der Waals surface area contributed by atoms with Gasteiger partial charge in [-0.1, -0.05) is 6.07 Å². The van der Waals surface area contributed by atoms with Crippen molar-refractivity contribution in [3.63, 3.8) is 0 Å². The van der Waals surface area contributed by atoms with E-state index in [1.165, 1.54) is 12.5 Å². The quantitative estimate of drug-likeness (QED) is 0.751. The average molecular weight is 206 g/mol. The fraction of sp³-hybridized carbons (Fsp3) is 0.500. The Morgan fingerprint density at radius 3 is 2.87 bits per heavy atom. The minimum Gasteiger partial charge on any atom is -0.370 e. The molecule has 2 fully saturated rings. The maximum atomic E-state index is 13.0. The van der Waals surface area contributed by atoms with E-state index in [0.717, 1.165) is 31.9 Å². The highest BCUT2D eigenvalue weighted by molar-refractivity contribution is 5.50. The second-order valence-electron chi connectivity index (χ2n) is 4.76. The van der Waals surface area contributed by atoms with E-state index < -0.39 is 0 Å². The summed E-state index contributed by atoms with van der Waals surface area (Å²) < 4.78 is 13.0. The van der Waals surface area contributed by atoms with Crippen molar-refractivity contribution in [3.8, 4) is 0 Å². The topological polar surface area (TPSA) is 15.3 Å². The van der Waals surface area contributed by atoms with Crippen LogP contribution in [0.5, 0.6) is 0 Å². The van der Waals surface area contributed by atoms with Gasteiger partial charge in [0.25, 0.3) is 0 Å². The van der Waals surface area contributed by atoms with Crippen LogP contribution in [0.25, 0.3) is 0 Å². The zero-order valence-electron chi connectivity index (χ0n) is 8.67. The summed E-state index contributed by atoms with van der Waals surface area (Å²) in [5.41, 5.74) is 1.50. The molecule has 1 aromatic carbocycles. The summed E-state index contributed by atoms with van der Waals surface area (Å²) in [6.45, 7) is 4.41. The van der Waals surface area contributed by atoms with Gasteiger partial charge in [-0.15, -0.1) is 0 Å². The molecule has 0 saturated carbocycles. The molecule has 0 aromatic heterocycles. The molecule has 1 N–H and O–H groups in total. The minimum absolute atomic E-state index is 0.141. The van der Waals surface area contributed by atoms with Crippen LogP contribution < -0.4 is 10.2 Å². The molecule has 2 heterocycles. The van der Waals surface area contributed by atoms with E-state index in [-0.39, 0.29) is 5.82 Å². The van der Waals surface area contributed by atoms with E-state index in [1.54, 1.807) is 12.1 Å². The smallest absolute Gasteiger partial charge is 0.125 e. The molecule has 15 heavy (non-hydrogen) atoms. The van der Waals surface area contributed by atoms with Gasteiger partial charge in [0.15, 0.2) is 0 Å². The first-order chi connectivity index (χ1) is 7.27. The van der Waals surface area contributed by atoms with Gasteiger partial charge < -0.3 is 10.2 Å². The molecule has 0 atom stereocenters. The van der Waals surface area contributed by atoms with Gasteiger partial charge >= 0.3 is 0 Å². The van der Waals surface area contributed by atoms with Crippen LogP contribution >= 0.6 is 0 Å². The fourth-order valence-corrected chi connectivity index (χ4v) is 2.68.